The topological polar surface area (TPSA) is 38.1 Å². The SMILES string of the molecule is CC(C)N(Cc1ccccc1)C(=O)CSc1ncc(-c2ccccc2)n1C. The van der Waals surface area contributed by atoms with E-state index < -0.39 is 0 Å². The molecule has 2 aromatic carbocycles. The highest BCUT2D eigenvalue weighted by Crippen LogP contribution is 2.25. The number of hydrogen-bond acceptors (Lipinski definition) is 3. The largest absolute Gasteiger partial charge is 0.335 e. The second-order valence-corrected chi connectivity index (χ2v) is 7.68. The molecular formula is C22H25N3OS. The summed E-state index contributed by atoms with van der Waals surface area (Å²) in [5.74, 6) is 0.507. The van der Waals surface area contributed by atoms with Crippen LogP contribution in [-0.2, 0) is 18.4 Å². The van der Waals surface area contributed by atoms with Gasteiger partial charge in [-0.3, -0.25) is 4.79 Å². The molecule has 0 aliphatic heterocycles. The molecule has 5 heteroatoms. The summed E-state index contributed by atoms with van der Waals surface area (Å²) >= 11 is 1.49. The Kier molecular flexibility index (Phi) is 6.35. The minimum atomic E-state index is 0.128. The van der Waals surface area contributed by atoms with Gasteiger partial charge in [-0.15, -0.1) is 0 Å². The van der Waals surface area contributed by atoms with Crippen LogP contribution in [0.5, 0.6) is 0 Å². The van der Waals surface area contributed by atoms with Crippen molar-refractivity contribution in [3.05, 3.63) is 72.4 Å². The van der Waals surface area contributed by atoms with Gasteiger partial charge in [-0.25, -0.2) is 4.98 Å². The first-order chi connectivity index (χ1) is 13.1. The number of nitrogens with zero attached hydrogens (tertiary/aromatic N) is 3. The van der Waals surface area contributed by atoms with E-state index in [2.05, 4.69) is 43.1 Å². The van der Waals surface area contributed by atoms with E-state index in [1.54, 1.807) is 0 Å². The zero-order valence-electron chi connectivity index (χ0n) is 16.0. The van der Waals surface area contributed by atoms with E-state index in [1.165, 1.54) is 11.8 Å². The molecular weight excluding hydrogens is 354 g/mol. The Morgan fingerprint density at radius 3 is 2.33 bits per heavy atom. The number of amides is 1. The van der Waals surface area contributed by atoms with Crippen molar-refractivity contribution in [1.82, 2.24) is 14.5 Å². The van der Waals surface area contributed by atoms with Gasteiger partial charge >= 0.3 is 0 Å². The van der Waals surface area contributed by atoms with Crippen LogP contribution in [0, 0.1) is 0 Å². The van der Waals surface area contributed by atoms with Crippen LogP contribution in [0.15, 0.2) is 72.0 Å². The van der Waals surface area contributed by atoms with Gasteiger partial charge in [0.2, 0.25) is 5.91 Å². The molecule has 0 atom stereocenters. The molecule has 0 aliphatic carbocycles. The molecule has 0 unspecified atom stereocenters. The third-order valence-electron chi connectivity index (χ3n) is 4.48. The van der Waals surface area contributed by atoms with Crippen LogP contribution in [0.25, 0.3) is 11.3 Å². The molecule has 0 radical (unpaired) electrons. The Bertz CT molecular complexity index is 875. The standard InChI is InChI=1S/C22H25N3OS/c1-17(2)25(15-18-10-6-4-7-11-18)21(26)16-27-22-23-14-20(24(22)3)19-12-8-5-9-13-19/h4-14,17H,15-16H2,1-3H3. The quantitative estimate of drug-likeness (QED) is 0.562. The van der Waals surface area contributed by atoms with Gasteiger partial charge in [0.05, 0.1) is 17.6 Å². The van der Waals surface area contributed by atoms with Crippen LogP contribution in [0.1, 0.15) is 19.4 Å². The maximum atomic E-state index is 12.8. The Labute approximate surface area is 165 Å². The van der Waals surface area contributed by atoms with Gasteiger partial charge in [-0.2, -0.15) is 0 Å². The monoisotopic (exact) mass is 379 g/mol. The van der Waals surface area contributed by atoms with Crippen LogP contribution in [0.4, 0.5) is 0 Å². The number of hydrogen-bond donors (Lipinski definition) is 0. The van der Waals surface area contributed by atoms with E-state index in [-0.39, 0.29) is 11.9 Å². The number of rotatable bonds is 7. The highest BCUT2D eigenvalue weighted by Gasteiger charge is 2.19. The summed E-state index contributed by atoms with van der Waals surface area (Å²) in [6.07, 6.45) is 1.87. The number of imidazole rings is 1. The zero-order valence-corrected chi connectivity index (χ0v) is 16.8. The van der Waals surface area contributed by atoms with Crippen LogP contribution in [0.3, 0.4) is 0 Å². The average Bonchev–Trinajstić information content (AvgIpc) is 3.06. The van der Waals surface area contributed by atoms with Gasteiger partial charge in [-0.1, -0.05) is 72.4 Å². The fraction of sp³-hybridized carbons (Fsp3) is 0.273. The highest BCUT2D eigenvalue weighted by molar-refractivity contribution is 7.99. The summed E-state index contributed by atoms with van der Waals surface area (Å²) in [6, 6.07) is 20.4. The fourth-order valence-corrected chi connectivity index (χ4v) is 3.79. The van der Waals surface area contributed by atoms with E-state index in [9.17, 15) is 4.79 Å². The fourth-order valence-electron chi connectivity index (χ4n) is 2.95. The van der Waals surface area contributed by atoms with Crippen LogP contribution in [-0.4, -0.2) is 32.2 Å². The lowest BCUT2D eigenvalue weighted by Gasteiger charge is -2.26. The molecule has 0 fully saturated rings. The molecule has 1 aromatic heterocycles. The average molecular weight is 380 g/mol. The van der Waals surface area contributed by atoms with Crippen LogP contribution >= 0.6 is 11.8 Å². The maximum Gasteiger partial charge on any atom is 0.233 e. The lowest BCUT2D eigenvalue weighted by atomic mass is 10.2. The molecule has 0 aliphatic rings. The lowest BCUT2D eigenvalue weighted by Crippen LogP contribution is -2.37. The number of benzene rings is 2. The molecule has 1 amide bonds. The summed E-state index contributed by atoms with van der Waals surface area (Å²) in [6.45, 7) is 4.74. The van der Waals surface area contributed by atoms with E-state index in [4.69, 9.17) is 0 Å². The van der Waals surface area contributed by atoms with Crippen LogP contribution < -0.4 is 0 Å². The molecule has 0 saturated heterocycles. The minimum absolute atomic E-state index is 0.128. The van der Waals surface area contributed by atoms with Crippen molar-refractivity contribution in [2.45, 2.75) is 31.6 Å². The Morgan fingerprint density at radius 2 is 1.70 bits per heavy atom. The van der Waals surface area contributed by atoms with Crippen molar-refractivity contribution >= 4 is 17.7 Å². The van der Waals surface area contributed by atoms with Gasteiger partial charge in [0, 0.05) is 19.6 Å². The van der Waals surface area contributed by atoms with Crippen molar-refractivity contribution in [3.63, 3.8) is 0 Å². The van der Waals surface area contributed by atoms with E-state index in [0.717, 1.165) is 22.0 Å². The predicted molar refractivity (Wildman–Crippen MR) is 111 cm³/mol. The Morgan fingerprint density at radius 1 is 1.07 bits per heavy atom. The molecule has 0 N–H and O–H groups in total. The van der Waals surface area contributed by atoms with Gasteiger partial charge in [-0.05, 0) is 25.0 Å². The van der Waals surface area contributed by atoms with Gasteiger partial charge < -0.3 is 9.47 Å². The normalized spacial score (nSPS) is 11.0. The molecule has 3 aromatic rings. The molecule has 0 spiro atoms. The number of carbonyl (C=O) groups excluding carboxylic acids is 1. The smallest absolute Gasteiger partial charge is 0.233 e. The first kappa shape index (κ1) is 19.2. The van der Waals surface area contributed by atoms with E-state index in [0.29, 0.717) is 12.3 Å². The molecule has 1 heterocycles. The second-order valence-electron chi connectivity index (χ2n) is 6.74. The second kappa shape index (κ2) is 8.91. The minimum Gasteiger partial charge on any atom is -0.335 e. The summed E-state index contributed by atoms with van der Waals surface area (Å²) < 4.78 is 2.05. The molecule has 140 valence electrons. The van der Waals surface area contributed by atoms with Crippen molar-refractivity contribution in [3.8, 4) is 11.3 Å². The number of carbonyl (C=O) groups is 1. The van der Waals surface area contributed by atoms with Gasteiger partial charge in [0.15, 0.2) is 5.16 Å². The summed E-state index contributed by atoms with van der Waals surface area (Å²) in [5.41, 5.74) is 3.32. The Balaban J connectivity index is 1.66. The van der Waals surface area contributed by atoms with Gasteiger partial charge in [0.1, 0.15) is 0 Å². The van der Waals surface area contributed by atoms with Crippen molar-refractivity contribution in [1.29, 1.82) is 0 Å². The maximum absolute atomic E-state index is 12.8. The van der Waals surface area contributed by atoms with E-state index >= 15 is 0 Å². The zero-order chi connectivity index (χ0) is 19.2. The molecule has 4 nitrogen and oxygen atoms in total. The molecule has 27 heavy (non-hydrogen) atoms. The molecule has 0 saturated carbocycles. The highest BCUT2D eigenvalue weighted by atomic mass is 32.2. The molecule has 3 rings (SSSR count). The summed E-state index contributed by atoms with van der Waals surface area (Å²) in [7, 11) is 1.99. The third kappa shape index (κ3) is 4.80. The predicted octanol–water partition coefficient (Wildman–Crippen LogP) is 4.62. The number of aromatic nitrogens is 2. The summed E-state index contributed by atoms with van der Waals surface area (Å²) in [5, 5.41) is 0.852. The van der Waals surface area contributed by atoms with Crippen molar-refractivity contribution < 1.29 is 4.79 Å². The van der Waals surface area contributed by atoms with Crippen molar-refractivity contribution in [2.75, 3.05) is 5.75 Å². The van der Waals surface area contributed by atoms with Gasteiger partial charge in [0.25, 0.3) is 0 Å². The molecule has 0 bridgehead atoms. The first-order valence-electron chi connectivity index (χ1n) is 9.09. The van der Waals surface area contributed by atoms with E-state index in [1.807, 2.05) is 59.1 Å². The first-order valence-corrected chi connectivity index (χ1v) is 10.1. The van der Waals surface area contributed by atoms with Crippen LogP contribution in [0.2, 0.25) is 0 Å². The summed E-state index contributed by atoms with van der Waals surface area (Å²) in [4.78, 5) is 19.2. The number of thioether (sulfide) groups is 1. The lowest BCUT2D eigenvalue weighted by molar-refractivity contribution is -0.130. The van der Waals surface area contributed by atoms with Crippen molar-refractivity contribution in [2.24, 2.45) is 7.05 Å². The Hall–Kier alpha value is -2.53. The third-order valence-corrected chi connectivity index (χ3v) is 5.51.